The molecule has 4 heteroatoms. The lowest BCUT2D eigenvalue weighted by molar-refractivity contribution is -0.121. The van der Waals surface area contributed by atoms with Gasteiger partial charge in [0.1, 0.15) is 5.78 Å². The SMILES string of the molecule is CC(=O)C(C)N1CCN(c2ccc(Cl)cc2)CC1. The molecule has 1 saturated heterocycles. The van der Waals surface area contributed by atoms with Gasteiger partial charge in [-0.15, -0.1) is 0 Å². The lowest BCUT2D eigenvalue weighted by Crippen LogP contribution is -2.51. The van der Waals surface area contributed by atoms with E-state index < -0.39 is 0 Å². The Labute approximate surface area is 113 Å². The van der Waals surface area contributed by atoms with E-state index in [-0.39, 0.29) is 11.8 Å². The summed E-state index contributed by atoms with van der Waals surface area (Å²) in [7, 11) is 0. The number of carbonyl (C=O) groups excluding carboxylic acids is 1. The minimum Gasteiger partial charge on any atom is -0.369 e. The molecule has 1 aromatic carbocycles. The van der Waals surface area contributed by atoms with Gasteiger partial charge < -0.3 is 4.90 Å². The quantitative estimate of drug-likeness (QED) is 0.840. The summed E-state index contributed by atoms with van der Waals surface area (Å²) in [5.41, 5.74) is 1.20. The van der Waals surface area contributed by atoms with Crippen LogP contribution in [0.15, 0.2) is 24.3 Å². The highest BCUT2D eigenvalue weighted by Crippen LogP contribution is 2.20. The molecule has 18 heavy (non-hydrogen) atoms. The first-order chi connectivity index (χ1) is 8.58. The van der Waals surface area contributed by atoms with Crippen LogP contribution in [0.5, 0.6) is 0 Å². The van der Waals surface area contributed by atoms with E-state index in [1.54, 1.807) is 6.92 Å². The maximum Gasteiger partial charge on any atom is 0.146 e. The molecule has 3 nitrogen and oxygen atoms in total. The molecule has 0 aromatic heterocycles. The maximum atomic E-state index is 11.4. The highest BCUT2D eigenvalue weighted by molar-refractivity contribution is 6.30. The van der Waals surface area contributed by atoms with Gasteiger partial charge in [0.05, 0.1) is 6.04 Å². The van der Waals surface area contributed by atoms with E-state index in [0.717, 1.165) is 31.2 Å². The van der Waals surface area contributed by atoms with Gasteiger partial charge in [-0.2, -0.15) is 0 Å². The van der Waals surface area contributed by atoms with E-state index in [4.69, 9.17) is 11.6 Å². The third-order valence-corrected chi connectivity index (χ3v) is 3.89. The van der Waals surface area contributed by atoms with Crippen molar-refractivity contribution in [2.45, 2.75) is 19.9 Å². The molecule has 98 valence electrons. The molecule has 0 saturated carbocycles. The summed E-state index contributed by atoms with van der Waals surface area (Å²) in [5, 5.41) is 0.766. The monoisotopic (exact) mass is 266 g/mol. The molecular weight excluding hydrogens is 248 g/mol. The number of carbonyl (C=O) groups is 1. The summed E-state index contributed by atoms with van der Waals surface area (Å²) >= 11 is 5.89. The molecule has 0 amide bonds. The first kappa shape index (κ1) is 13.4. The van der Waals surface area contributed by atoms with Crippen molar-refractivity contribution in [2.24, 2.45) is 0 Å². The molecule has 0 aliphatic carbocycles. The van der Waals surface area contributed by atoms with Crippen LogP contribution in [0, 0.1) is 0 Å². The number of halogens is 1. The molecule has 0 bridgehead atoms. The van der Waals surface area contributed by atoms with Crippen LogP contribution < -0.4 is 4.90 Å². The van der Waals surface area contributed by atoms with Gasteiger partial charge in [0.25, 0.3) is 0 Å². The van der Waals surface area contributed by atoms with Gasteiger partial charge in [-0.25, -0.2) is 0 Å². The summed E-state index contributed by atoms with van der Waals surface area (Å²) in [5.74, 6) is 0.245. The van der Waals surface area contributed by atoms with Crippen LogP contribution >= 0.6 is 11.6 Å². The number of rotatable bonds is 3. The first-order valence-electron chi connectivity index (χ1n) is 6.33. The number of ketones is 1. The van der Waals surface area contributed by atoms with E-state index in [1.807, 2.05) is 31.2 Å². The Morgan fingerprint density at radius 2 is 1.72 bits per heavy atom. The largest absolute Gasteiger partial charge is 0.369 e. The summed E-state index contributed by atoms with van der Waals surface area (Å²) in [6, 6.07) is 7.97. The van der Waals surface area contributed by atoms with Crippen molar-refractivity contribution in [2.75, 3.05) is 31.1 Å². The second-order valence-corrected chi connectivity index (χ2v) is 5.22. The predicted molar refractivity (Wildman–Crippen MR) is 75.4 cm³/mol. The maximum absolute atomic E-state index is 11.4. The van der Waals surface area contributed by atoms with Crippen LogP contribution in [0.1, 0.15) is 13.8 Å². The zero-order valence-corrected chi connectivity index (χ0v) is 11.7. The van der Waals surface area contributed by atoms with Crippen LogP contribution in [0.25, 0.3) is 0 Å². The molecule has 1 fully saturated rings. The van der Waals surface area contributed by atoms with Gasteiger partial charge in [-0.05, 0) is 38.1 Å². The molecule has 1 aliphatic heterocycles. The number of anilines is 1. The van der Waals surface area contributed by atoms with Crippen molar-refractivity contribution in [3.8, 4) is 0 Å². The van der Waals surface area contributed by atoms with Crippen LogP contribution in [0.2, 0.25) is 5.02 Å². The van der Waals surface area contributed by atoms with Crippen LogP contribution in [0.4, 0.5) is 5.69 Å². The molecule has 0 spiro atoms. The van der Waals surface area contributed by atoms with Crippen LogP contribution in [-0.4, -0.2) is 42.9 Å². The van der Waals surface area contributed by atoms with Crippen molar-refractivity contribution in [3.63, 3.8) is 0 Å². The molecule has 1 atom stereocenters. The standard InChI is InChI=1S/C14H19ClN2O/c1-11(12(2)18)16-7-9-17(10-8-16)14-5-3-13(15)4-6-14/h3-6,11H,7-10H2,1-2H3. The molecule has 2 rings (SSSR count). The second kappa shape index (κ2) is 5.72. The highest BCUT2D eigenvalue weighted by atomic mass is 35.5. The van der Waals surface area contributed by atoms with E-state index >= 15 is 0 Å². The van der Waals surface area contributed by atoms with E-state index in [2.05, 4.69) is 9.80 Å². The van der Waals surface area contributed by atoms with Crippen molar-refractivity contribution in [1.29, 1.82) is 0 Å². The summed E-state index contributed by atoms with van der Waals surface area (Å²) in [6.45, 7) is 7.43. The van der Waals surface area contributed by atoms with E-state index in [0.29, 0.717) is 0 Å². The molecule has 0 N–H and O–H groups in total. The molecule has 1 unspecified atom stereocenters. The smallest absolute Gasteiger partial charge is 0.146 e. The number of hydrogen-bond acceptors (Lipinski definition) is 3. The zero-order valence-electron chi connectivity index (χ0n) is 10.9. The fourth-order valence-electron chi connectivity index (χ4n) is 2.28. The van der Waals surface area contributed by atoms with Gasteiger partial charge in [0, 0.05) is 36.9 Å². The Balaban J connectivity index is 1.94. The summed E-state index contributed by atoms with van der Waals surface area (Å²) < 4.78 is 0. The van der Waals surface area contributed by atoms with E-state index in [1.165, 1.54) is 5.69 Å². The predicted octanol–water partition coefficient (Wildman–Crippen LogP) is 2.44. The fourth-order valence-corrected chi connectivity index (χ4v) is 2.40. The molecular formula is C14H19ClN2O. The topological polar surface area (TPSA) is 23.6 Å². The van der Waals surface area contributed by atoms with E-state index in [9.17, 15) is 4.79 Å². The number of nitrogens with zero attached hydrogens (tertiary/aromatic N) is 2. The van der Waals surface area contributed by atoms with Crippen molar-refractivity contribution < 1.29 is 4.79 Å². The van der Waals surface area contributed by atoms with Gasteiger partial charge in [0.15, 0.2) is 0 Å². The summed E-state index contributed by atoms with van der Waals surface area (Å²) in [4.78, 5) is 15.9. The second-order valence-electron chi connectivity index (χ2n) is 4.79. The van der Waals surface area contributed by atoms with Crippen molar-refractivity contribution >= 4 is 23.1 Å². The fraction of sp³-hybridized carbons (Fsp3) is 0.500. The number of hydrogen-bond donors (Lipinski definition) is 0. The van der Waals surface area contributed by atoms with Gasteiger partial charge in [-0.3, -0.25) is 9.69 Å². The molecule has 1 aromatic rings. The van der Waals surface area contributed by atoms with Crippen molar-refractivity contribution in [3.05, 3.63) is 29.3 Å². The third kappa shape index (κ3) is 3.03. The van der Waals surface area contributed by atoms with Gasteiger partial charge in [0.2, 0.25) is 0 Å². The van der Waals surface area contributed by atoms with Gasteiger partial charge >= 0.3 is 0 Å². The average molecular weight is 267 g/mol. The number of Topliss-reactive ketones (excluding diaryl/α,β-unsaturated/α-hetero) is 1. The van der Waals surface area contributed by atoms with Crippen LogP contribution in [0.3, 0.4) is 0 Å². The molecule has 1 aliphatic rings. The molecule has 1 heterocycles. The van der Waals surface area contributed by atoms with Crippen molar-refractivity contribution in [1.82, 2.24) is 4.90 Å². The lowest BCUT2D eigenvalue weighted by atomic mass is 10.1. The highest BCUT2D eigenvalue weighted by Gasteiger charge is 2.23. The normalized spacial score (nSPS) is 18.7. The minimum atomic E-state index is 0.0392. The first-order valence-corrected chi connectivity index (χ1v) is 6.71. The third-order valence-electron chi connectivity index (χ3n) is 3.64. The Hall–Kier alpha value is -1.06. The Morgan fingerprint density at radius 1 is 1.17 bits per heavy atom. The Bertz CT molecular complexity index is 410. The Kier molecular flexibility index (Phi) is 4.25. The lowest BCUT2D eigenvalue weighted by Gasteiger charge is -2.38. The zero-order chi connectivity index (χ0) is 13.1. The molecule has 0 radical (unpaired) electrons. The van der Waals surface area contributed by atoms with Gasteiger partial charge in [-0.1, -0.05) is 11.6 Å². The number of benzene rings is 1. The average Bonchev–Trinajstić information content (AvgIpc) is 2.39. The summed E-state index contributed by atoms with van der Waals surface area (Å²) in [6.07, 6.45) is 0. The van der Waals surface area contributed by atoms with Crippen LogP contribution in [-0.2, 0) is 4.79 Å². The number of piperazine rings is 1. The Morgan fingerprint density at radius 3 is 2.22 bits per heavy atom. The minimum absolute atomic E-state index is 0.0392.